The summed E-state index contributed by atoms with van der Waals surface area (Å²) in [5.41, 5.74) is 0. The molecule has 1 aliphatic rings. The van der Waals surface area contributed by atoms with E-state index in [-0.39, 0.29) is 12.1 Å². The number of alkyl halides is 3. The summed E-state index contributed by atoms with van der Waals surface area (Å²) in [6.45, 7) is 1.98. The van der Waals surface area contributed by atoms with Crippen LogP contribution in [0.2, 0.25) is 5.02 Å². The summed E-state index contributed by atoms with van der Waals surface area (Å²) in [5.74, 6) is 0.488. The van der Waals surface area contributed by atoms with Gasteiger partial charge in [-0.15, -0.1) is 0 Å². The lowest BCUT2D eigenvalue weighted by atomic mass is 10.2. The van der Waals surface area contributed by atoms with Gasteiger partial charge in [0, 0.05) is 25.7 Å². The van der Waals surface area contributed by atoms with Crippen LogP contribution in [0.1, 0.15) is 6.92 Å². The molecule has 9 heteroatoms. The third-order valence-corrected chi connectivity index (χ3v) is 3.60. The van der Waals surface area contributed by atoms with Gasteiger partial charge in [-0.2, -0.15) is 18.2 Å². The zero-order chi connectivity index (χ0) is 15.6. The normalized spacial score (nSPS) is 20.7. The fraction of sp³-hybridized carbons (Fsp3) is 0.667. The molecule has 1 atom stereocenters. The Labute approximate surface area is 125 Å². The van der Waals surface area contributed by atoms with Gasteiger partial charge in [-0.05, 0) is 6.92 Å². The average Bonchev–Trinajstić information content (AvgIpc) is 2.40. The summed E-state index contributed by atoms with van der Waals surface area (Å²) in [6, 6.07) is -0.0721. The Morgan fingerprint density at radius 2 is 2.14 bits per heavy atom. The molecule has 0 saturated carbocycles. The van der Waals surface area contributed by atoms with E-state index in [0.29, 0.717) is 30.5 Å². The SMILES string of the molecule is COc1ncc(Cl)c(N2CCN(CC(F)(F)F)C(C)C2)n1. The van der Waals surface area contributed by atoms with Crippen LogP contribution in [0.15, 0.2) is 6.20 Å². The monoisotopic (exact) mass is 324 g/mol. The van der Waals surface area contributed by atoms with Crippen molar-refractivity contribution in [2.45, 2.75) is 19.1 Å². The van der Waals surface area contributed by atoms with Crippen molar-refractivity contribution >= 4 is 17.4 Å². The van der Waals surface area contributed by atoms with Gasteiger partial charge in [0.2, 0.25) is 0 Å². The average molecular weight is 325 g/mol. The number of methoxy groups -OCH3 is 1. The van der Waals surface area contributed by atoms with E-state index in [0.717, 1.165) is 0 Å². The van der Waals surface area contributed by atoms with Crippen LogP contribution in [0.5, 0.6) is 6.01 Å². The molecule has 0 aliphatic carbocycles. The van der Waals surface area contributed by atoms with E-state index in [1.165, 1.54) is 18.2 Å². The molecule has 1 aromatic rings. The lowest BCUT2D eigenvalue weighted by Crippen LogP contribution is -2.54. The van der Waals surface area contributed by atoms with E-state index in [2.05, 4.69) is 9.97 Å². The largest absolute Gasteiger partial charge is 0.467 e. The predicted octanol–water partition coefficient (Wildman–Crippen LogP) is 2.21. The third kappa shape index (κ3) is 4.10. The first-order chi connectivity index (χ1) is 9.80. The third-order valence-electron chi connectivity index (χ3n) is 3.33. The van der Waals surface area contributed by atoms with Crippen LogP contribution in [0.25, 0.3) is 0 Å². The van der Waals surface area contributed by atoms with E-state index in [1.807, 2.05) is 4.90 Å². The Morgan fingerprint density at radius 1 is 1.43 bits per heavy atom. The number of piperazine rings is 1. The number of rotatable bonds is 3. The van der Waals surface area contributed by atoms with E-state index < -0.39 is 12.7 Å². The Balaban J connectivity index is 2.09. The summed E-state index contributed by atoms with van der Waals surface area (Å²) in [6.07, 6.45) is -2.76. The highest BCUT2D eigenvalue weighted by Gasteiger charge is 2.35. The predicted molar refractivity (Wildman–Crippen MR) is 72.9 cm³/mol. The Bertz CT molecular complexity index is 500. The molecular weight excluding hydrogens is 309 g/mol. The zero-order valence-corrected chi connectivity index (χ0v) is 12.4. The molecule has 0 amide bonds. The second-order valence-corrected chi connectivity index (χ2v) is 5.32. The molecular formula is C12H16ClF3N4O. The molecule has 1 aliphatic heterocycles. The van der Waals surface area contributed by atoms with Crippen LogP contribution in [0.4, 0.5) is 19.0 Å². The van der Waals surface area contributed by atoms with Gasteiger partial charge >= 0.3 is 12.2 Å². The van der Waals surface area contributed by atoms with Crippen molar-refractivity contribution < 1.29 is 17.9 Å². The van der Waals surface area contributed by atoms with Crippen molar-refractivity contribution in [2.24, 2.45) is 0 Å². The number of halogens is 4. The lowest BCUT2D eigenvalue weighted by molar-refractivity contribution is -0.150. The van der Waals surface area contributed by atoms with Crippen molar-refractivity contribution in [2.75, 3.05) is 38.2 Å². The first-order valence-electron chi connectivity index (χ1n) is 6.42. The molecule has 21 heavy (non-hydrogen) atoms. The van der Waals surface area contributed by atoms with Gasteiger partial charge in [0.15, 0.2) is 5.82 Å². The first kappa shape index (κ1) is 16.1. The molecule has 1 saturated heterocycles. The van der Waals surface area contributed by atoms with E-state index >= 15 is 0 Å². The maximum absolute atomic E-state index is 12.5. The number of aromatic nitrogens is 2. The highest BCUT2D eigenvalue weighted by molar-refractivity contribution is 6.32. The lowest BCUT2D eigenvalue weighted by Gasteiger charge is -2.40. The van der Waals surface area contributed by atoms with Crippen molar-refractivity contribution in [1.29, 1.82) is 0 Å². The summed E-state index contributed by atoms with van der Waals surface area (Å²) in [5, 5.41) is 0.354. The molecule has 0 aromatic carbocycles. The van der Waals surface area contributed by atoms with Gasteiger partial charge < -0.3 is 9.64 Å². The Kier molecular flexibility index (Phi) is 4.77. The Hall–Kier alpha value is -1.28. The van der Waals surface area contributed by atoms with Crippen molar-refractivity contribution in [3.63, 3.8) is 0 Å². The maximum Gasteiger partial charge on any atom is 0.401 e. The summed E-state index contributed by atoms with van der Waals surface area (Å²) in [4.78, 5) is 11.3. The summed E-state index contributed by atoms with van der Waals surface area (Å²) in [7, 11) is 1.44. The highest BCUT2D eigenvalue weighted by Crippen LogP contribution is 2.27. The molecule has 118 valence electrons. The van der Waals surface area contributed by atoms with Crippen molar-refractivity contribution in [1.82, 2.24) is 14.9 Å². The molecule has 1 unspecified atom stereocenters. The maximum atomic E-state index is 12.5. The highest BCUT2D eigenvalue weighted by atomic mass is 35.5. The molecule has 0 bridgehead atoms. The van der Waals surface area contributed by atoms with Gasteiger partial charge in [-0.1, -0.05) is 11.6 Å². The minimum Gasteiger partial charge on any atom is -0.467 e. The summed E-state index contributed by atoms with van der Waals surface area (Å²) >= 11 is 6.06. The second-order valence-electron chi connectivity index (χ2n) is 4.91. The van der Waals surface area contributed by atoms with Crippen molar-refractivity contribution in [3.8, 4) is 6.01 Å². The van der Waals surface area contributed by atoms with E-state index in [4.69, 9.17) is 16.3 Å². The van der Waals surface area contributed by atoms with Crippen molar-refractivity contribution in [3.05, 3.63) is 11.2 Å². The second kappa shape index (κ2) is 6.23. The van der Waals surface area contributed by atoms with Crippen LogP contribution in [0.3, 0.4) is 0 Å². The number of hydrogen-bond acceptors (Lipinski definition) is 5. The van der Waals surface area contributed by atoms with Gasteiger partial charge in [0.1, 0.15) is 5.02 Å². The standard InChI is InChI=1S/C12H16ClF3N4O/c1-8-6-19(3-4-20(8)7-12(14,15)16)10-9(13)5-17-11(18-10)21-2/h5,8H,3-4,6-7H2,1-2H3. The van der Waals surface area contributed by atoms with Crippen LogP contribution >= 0.6 is 11.6 Å². The smallest absolute Gasteiger partial charge is 0.401 e. The number of hydrogen-bond donors (Lipinski definition) is 0. The molecule has 0 radical (unpaired) electrons. The number of nitrogens with zero attached hydrogens (tertiary/aromatic N) is 4. The van der Waals surface area contributed by atoms with Gasteiger partial charge in [0.25, 0.3) is 0 Å². The van der Waals surface area contributed by atoms with Crippen LogP contribution in [-0.4, -0.2) is 60.4 Å². The van der Waals surface area contributed by atoms with E-state index in [1.54, 1.807) is 6.92 Å². The molecule has 1 aromatic heterocycles. The first-order valence-corrected chi connectivity index (χ1v) is 6.80. The fourth-order valence-electron chi connectivity index (χ4n) is 2.32. The molecule has 2 heterocycles. The molecule has 2 rings (SSSR count). The zero-order valence-electron chi connectivity index (χ0n) is 11.7. The van der Waals surface area contributed by atoms with Gasteiger partial charge in [0.05, 0.1) is 19.9 Å². The molecule has 5 nitrogen and oxygen atoms in total. The number of anilines is 1. The topological polar surface area (TPSA) is 41.5 Å². The van der Waals surface area contributed by atoms with E-state index in [9.17, 15) is 13.2 Å². The Morgan fingerprint density at radius 3 is 2.71 bits per heavy atom. The van der Waals surface area contributed by atoms with Crippen LogP contribution in [-0.2, 0) is 0 Å². The molecule has 0 N–H and O–H groups in total. The molecule has 1 fully saturated rings. The summed E-state index contributed by atoms with van der Waals surface area (Å²) < 4.78 is 42.4. The fourth-order valence-corrected chi connectivity index (χ4v) is 2.53. The van der Waals surface area contributed by atoms with Gasteiger partial charge in [-0.3, -0.25) is 4.90 Å². The van der Waals surface area contributed by atoms with Crippen LogP contribution < -0.4 is 9.64 Å². The minimum atomic E-state index is -4.19. The minimum absolute atomic E-state index is 0.180. The van der Waals surface area contributed by atoms with Gasteiger partial charge in [-0.25, -0.2) is 4.98 Å². The van der Waals surface area contributed by atoms with Crippen LogP contribution in [0, 0.1) is 0 Å². The molecule has 0 spiro atoms. The number of ether oxygens (including phenoxy) is 1. The quantitative estimate of drug-likeness (QED) is 0.852.